The molecule has 3 heteroatoms. The normalized spacial score (nSPS) is 63.1. The van der Waals surface area contributed by atoms with Crippen LogP contribution in [0.5, 0.6) is 0 Å². The second-order valence-corrected chi connectivity index (χ2v) is 9.56. The van der Waals surface area contributed by atoms with Crippen molar-refractivity contribution in [1.29, 1.82) is 0 Å². The van der Waals surface area contributed by atoms with Gasteiger partial charge in [-0.25, -0.2) is 0 Å². The lowest BCUT2D eigenvalue weighted by atomic mass is 9.46. The molecule has 3 saturated carbocycles. The van der Waals surface area contributed by atoms with Gasteiger partial charge in [-0.2, -0.15) is 0 Å². The van der Waals surface area contributed by atoms with Gasteiger partial charge >= 0.3 is 0 Å². The van der Waals surface area contributed by atoms with E-state index in [4.69, 9.17) is 4.74 Å². The maximum atomic E-state index is 10.3. The van der Waals surface area contributed by atoms with Crippen LogP contribution in [0.1, 0.15) is 58.8 Å². The lowest BCUT2D eigenvalue weighted by Gasteiger charge is -2.61. The van der Waals surface area contributed by atoms with Gasteiger partial charge in [-0.1, -0.05) is 13.8 Å². The Balaban J connectivity index is 1.50. The van der Waals surface area contributed by atoms with Crippen LogP contribution in [-0.4, -0.2) is 30.1 Å². The first kappa shape index (κ1) is 14.2. The third-order valence-corrected chi connectivity index (χ3v) is 8.76. The molecular weight excluding hydrogens is 274 g/mol. The van der Waals surface area contributed by atoms with Gasteiger partial charge in [-0.05, 0) is 74.0 Å². The van der Waals surface area contributed by atoms with Crippen LogP contribution in [0.2, 0.25) is 0 Å². The van der Waals surface area contributed by atoms with Crippen molar-refractivity contribution in [2.45, 2.75) is 77.2 Å². The van der Waals surface area contributed by atoms with Crippen molar-refractivity contribution in [3.63, 3.8) is 0 Å². The Bertz CT molecular complexity index is 482. The van der Waals surface area contributed by atoms with E-state index >= 15 is 0 Å². The Morgan fingerprint density at radius 1 is 1.09 bits per heavy atom. The number of rotatable bonds is 0. The monoisotopic (exact) mass is 305 g/mol. The highest BCUT2D eigenvalue weighted by atomic mass is 16.5. The van der Waals surface area contributed by atoms with E-state index in [1.165, 1.54) is 32.1 Å². The van der Waals surface area contributed by atoms with Crippen molar-refractivity contribution in [3.8, 4) is 0 Å². The molecule has 5 aliphatic rings. The van der Waals surface area contributed by atoms with Crippen molar-refractivity contribution in [1.82, 2.24) is 5.32 Å². The van der Waals surface area contributed by atoms with E-state index in [0.29, 0.717) is 23.2 Å². The van der Waals surface area contributed by atoms with Crippen LogP contribution in [0.3, 0.4) is 0 Å². The molecule has 0 unspecified atom stereocenters. The van der Waals surface area contributed by atoms with Crippen molar-refractivity contribution < 1.29 is 9.84 Å². The Kier molecular flexibility index (Phi) is 2.91. The zero-order chi connectivity index (χ0) is 15.1. The standard InChI is InChI=1S/C19H31NO2/c1-18-6-5-14-13(15(18)8-12(21)9-18)4-3-11-7-17-20-10-16(22-17)19(11,14)2/h11-17,20-21H,3-10H2,1-2H3/t11-,12+,13-,14+,15-,16+,17+,18-,19-/m1/s1. The molecule has 0 radical (unpaired) electrons. The molecule has 5 fully saturated rings. The topological polar surface area (TPSA) is 41.5 Å². The molecule has 5 rings (SSSR count). The third kappa shape index (κ3) is 1.68. The maximum Gasteiger partial charge on any atom is 0.108 e. The van der Waals surface area contributed by atoms with Crippen LogP contribution >= 0.6 is 0 Å². The van der Waals surface area contributed by atoms with Crippen LogP contribution in [0.25, 0.3) is 0 Å². The summed E-state index contributed by atoms with van der Waals surface area (Å²) < 4.78 is 6.32. The van der Waals surface area contributed by atoms with Gasteiger partial charge in [0.05, 0.1) is 12.2 Å². The number of fused-ring (bicyclic) bond motifs is 8. The number of aliphatic hydroxyl groups excluding tert-OH is 1. The van der Waals surface area contributed by atoms with Crippen LogP contribution in [0.15, 0.2) is 0 Å². The summed E-state index contributed by atoms with van der Waals surface area (Å²) >= 11 is 0. The van der Waals surface area contributed by atoms with E-state index in [1.54, 1.807) is 0 Å². The predicted molar refractivity (Wildman–Crippen MR) is 85.2 cm³/mol. The molecule has 0 aromatic heterocycles. The highest BCUT2D eigenvalue weighted by Gasteiger charge is 2.63. The van der Waals surface area contributed by atoms with E-state index in [-0.39, 0.29) is 6.10 Å². The first-order valence-electron chi connectivity index (χ1n) is 9.57. The van der Waals surface area contributed by atoms with Crippen molar-refractivity contribution in [2.75, 3.05) is 6.54 Å². The minimum Gasteiger partial charge on any atom is -0.393 e. The van der Waals surface area contributed by atoms with Crippen molar-refractivity contribution in [3.05, 3.63) is 0 Å². The van der Waals surface area contributed by atoms with E-state index in [9.17, 15) is 5.11 Å². The highest BCUT2D eigenvalue weighted by molar-refractivity contribution is 5.12. The van der Waals surface area contributed by atoms with Crippen LogP contribution < -0.4 is 5.32 Å². The van der Waals surface area contributed by atoms with E-state index < -0.39 is 0 Å². The molecule has 0 aromatic carbocycles. The van der Waals surface area contributed by atoms with Crippen molar-refractivity contribution in [2.24, 2.45) is 34.5 Å². The Labute approximate surface area is 134 Å². The minimum absolute atomic E-state index is 0.0422. The van der Waals surface area contributed by atoms with Crippen LogP contribution in [0, 0.1) is 34.5 Å². The predicted octanol–water partition coefficient (Wildman–Crippen LogP) is 2.92. The second-order valence-electron chi connectivity index (χ2n) is 9.56. The summed E-state index contributed by atoms with van der Waals surface area (Å²) in [5.74, 6) is 3.26. The molecule has 2 N–H and O–H groups in total. The Hall–Kier alpha value is -0.120. The molecule has 3 nitrogen and oxygen atoms in total. The zero-order valence-corrected chi connectivity index (χ0v) is 14.1. The average molecular weight is 305 g/mol. The molecule has 124 valence electrons. The average Bonchev–Trinajstić information content (AvgIpc) is 3.02. The first-order chi connectivity index (χ1) is 10.5. The first-order valence-corrected chi connectivity index (χ1v) is 9.57. The molecule has 0 aromatic rings. The van der Waals surface area contributed by atoms with Gasteiger partial charge in [-0.15, -0.1) is 0 Å². The fourth-order valence-corrected chi connectivity index (χ4v) is 7.66. The minimum atomic E-state index is -0.0422. The number of hydrogen-bond donors (Lipinski definition) is 2. The Morgan fingerprint density at radius 3 is 2.82 bits per heavy atom. The van der Waals surface area contributed by atoms with Crippen molar-refractivity contribution >= 4 is 0 Å². The fraction of sp³-hybridized carbons (Fsp3) is 1.00. The molecule has 2 aliphatic heterocycles. The second kappa shape index (κ2) is 4.49. The number of nitrogens with one attached hydrogen (secondary N) is 1. The van der Waals surface area contributed by atoms with Gasteiger partial charge in [0, 0.05) is 12.0 Å². The fourth-order valence-electron chi connectivity index (χ4n) is 7.66. The zero-order valence-electron chi connectivity index (χ0n) is 14.1. The third-order valence-electron chi connectivity index (χ3n) is 8.76. The van der Waals surface area contributed by atoms with Gasteiger partial charge in [0.15, 0.2) is 0 Å². The molecule has 0 spiro atoms. The lowest BCUT2D eigenvalue weighted by molar-refractivity contribution is -0.190. The summed E-state index contributed by atoms with van der Waals surface area (Å²) in [6.07, 6.45) is 9.52. The van der Waals surface area contributed by atoms with Crippen LogP contribution in [0.4, 0.5) is 0 Å². The van der Waals surface area contributed by atoms with Gasteiger partial charge < -0.3 is 9.84 Å². The summed E-state index contributed by atoms with van der Waals surface area (Å²) in [5.41, 5.74) is 0.785. The summed E-state index contributed by atoms with van der Waals surface area (Å²) in [6.45, 7) is 6.07. The molecule has 9 atom stereocenters. The lowest BCUT2D eigenvalue weighted by Crippen LogP contribution is -2.58. The van der Waals surface area contributed by atoms with E-state index in [1.807, 2.05) is 0 Å². The molecular formula is C19H31NO2. The molecule has 2 saturated heterocycles. The van der Waals surface area contributed by atoms with Gasteiger partial charge in [-0.3, -0.25) is 5.32 Å². The summed E-state index contributed by atoms with van der Waals surface area (Å²) in [6, 6.07) is 0. The van der Waals surface area contributed by atoms with Crippen LogP contribution in [-0.2, 0) is 4.74 Å². The SMILES string of the molecule is C[C@]12CC[C@H]3[C@@H](CC[C@@H]4C[C@H]5NC[C@H](O5)[C@]43C)[C@H]1C[C@H](O)C2. The van der Waals surface area contributed by atoms with Gasteiger partial charge in [0.1, 0.15) is 6.23 Å². The number of aliphatic hydroxyl groups is 1. The molecule has 2 heterocycles. The largest absolute Gasteiger partial charge is 0.393 e. The number of hydrogen-bond acceptors (Lipinski definition) is 3. The Morgan fingerprint density at radius 2 is 1.95 bits per heavy atom. The summed E-state index contributed by atoms with van der Waals surface area (Å²) in [5, 5.41) is 13.9. The summed E-state index contributed by atoms with van der Waals surface area (Å²) in [7, 11) is 0. The van der Waals surface area contributed by atoms with Gasteiger partial charge in [0.2, 0.25) is 0 Å². The molecule has 2 bridgehead atoms. The smallest absolute Gasteiger partial charge is 0.108 e. The molecule has 0 amide bonds. The quantitative estimate of drug-likeness (QED) is 0.723. The van der Waals surface area contributed by atoms with E-state index in [0.717, 1.165) is 43.1 Å². The highest BCUT2D eigenvalue weighted by Crippen LogP contribution is 2.66. The molecule has 22 heavy (non-hydrogen) atoms. The molecule has 3 aliphatic carbocycles. The maximum absolute atomic E-state index is 10.3. The van der Waals surface area contributed by atoms with E-state index in [2.05, 4.69) is 19.2 Å². The van der Waals surface area contributed by atoms with Gasteiger partial charge in [0.25, 0.3) is 0 Å². The summed E-state index contributed by atoms with van der Waals surface area (Å²) in [4.78, 5) is 0. The number of ether oxygens (including phenoxy) is 1.